The van der Waals surface area contributed by atoms with Gasteiger partial charge in [-0.15, -0.1) is 0 Å². The second kappa shape index (κ2) is 12.9. The Morgan fingerprint density at radius 2 is 0.471 bits per heavy atom. The Kier molecular flexibility index (Phi) is 23.7. The van der Waals surface area contributed by atoms with Gasteiger partial charge in [-0.05, 0) is 0 Å². The van der Waals surface area contributed by atoms with E-state index in [0.29, 0.717) is 0 Å². The Hall–Kier alpha value is 1.87. The van der Waals surface area contributed by atoms with Gasteiger partial charge >= 0.3 is 69.9 Å². The first kappa shape index (κ1) is 31.3. The Morgan fingerprint density at radius 1 is 0.471 bits per heavy atom. The van der Waals surface area contributed by atoms with Crippen LogP contribution in [0.5, 0.6) is 0 Å². The third kappa shape index (κ3) is 1290. The number of hydrogen-bond acceptors (Lipinski definition) is 12. The molecule has 0 aliphatic heterocycles. The van der Waals surface area contributed by atoms with E-state index in [9.17, 15) is 0 Å². The van der Waals surface area contributed by atoms with Gasteiger partial charge in [0.05, 0.1) is 0 Å². The van der Waals surface area contributed by atoms with Gasteiger partial charge in [0.25, 0.3) is 0 Å². The molecule has 0 aromatic heterocycles. The normalized spacial score (nSPS) is 10.2. The van der Waals surface area contributed by atoms with Crippen molar-refractivity contribution < 1.29 is 73.6 Å². The van der Waals surface area contributed by atoms with Gasteiger partial charge in [0.15, 0.2) is 0 Å². The predicted octanol–water partition coefficient (Wildman–Crippen LogP) is -4.40. The van der Waals surface area contributed by atoms with Crippen molar-refractivity contribution in [3.63, 3.8) is 0 Å². The molecule has 0 radical (unpaired) electrons. The molecule has 17 heavy (non-hydrogen) atoms. The second-order valence-electron chi connectivity index (χ2n) is 1.22. The average molecular weight is 609 g/mol. The zero-order valence-electron chi connectivity index (χ0n) is 7.24. The summed E-state index contributed by atoms with van der Waals surface area (Å²) in [6, 6.07) is 0. The molecule has 98 valence electrons. The number of rotatable bonds is 0. The molecule has 0 amide bonds. The van der Waals surface area contributed by atoms with Crippen molar-refractivity contribution in [2.24, 2.45) is 0 Å². The van der Waals surface area contributed by atoms with E-state index in [1.165, 1.54) is 0 Å². The van der Waals surface area contributed by atoms with E-state index in [2.05, 4.69) is 0 Å². The van der Waals surface area contributed by atoms with Gasteiger partial charge in [-0.1, -0.05) is 0 Å². The molecule has 0 heterocycles. The van der Waals surface area contributed by atoms with Gasteiger partial charge in [-0.25, -0.2) is 0 Å². The molecular formula is BaO12S3W. The van der Waals surface area contributed by atoms with E-state index in [4.69, 9.17) is 52.6 Å². The van der Waals surface area contributed by atoms with Crippen molar-refractivity contribution >= 4 is 80.1 Å². The molecule has 0 aliphatic carbocycles. The fourth-order valence-corrected chi connectivity index (χ4v) is 0. The molecule has 0 rings (SSSR count). The molecule has 0 spiro atoms. The fraction of sp³-hybridized carbons (Fsp3) is 0. The first-order valence-corrected chi connectivity index (χ1v) is 6.00. The van der Waals surface area contributed by atoms with Crippen molar-refractivity contribution in [2.45, 2.75) is 0 Å². The molecule has 0 N–H and O–H groups in total. The van der Waals surface area contributed by atoms with Crippen LogP contribution in [0.4, 0.5) is 0 Å². The van der Waals surface area contributed by atoms with E-state index in [1.807, 2.05) is 0 Å². The first-order chi connectivity index (χ1) is 6.00. The smallest absolute Gasteiger partial charge is 0.759 e. The van der Waals surface area contributed by atoms with Crippen molar-refractivity contribution in [2.75, 3.05) is 0 Å². The van der Waals surface area contributed by atoms with Crippen LogP contribution in [0.2, 0.25) is 0 Å². The minimum absolute atomic E-state index is 0. The summed E-state index contributed by atoms with van der Waals surface area (Å²) in [7, 11) is -15.5. The quantitative estimate of drug-likeness (QED) is 0.144. The van der Waals surface area contributed by atoms with Crippen LogP contribution in [-0.2, 0) is 52.3 Å². The van der Waals surface area contributed by atoms with E-state index in [1.54, 1.807) is 0 Å². The fourth-order valence-electron chi connectivity index (χ4n) is 0. The molecule has 0 fully saturated rings. The molecule has 0 saturated carbocycles. The molecule has 0 aromatic rings. The van der Waals surface area contributed by atoms with E-state index >= 15 is 0 Å². The summed E-state index contributed by atoms with van der Waals surface area (Å²) in [6.07, 6.45) is 0. The zero-order valence-corrected chi connectivity index (χ0v) is 17.1. The maximum Gasteiger partial charge on any atom is 4.00 e. The topological polar surface area (TPSA) is 241 Å². The van der Waals surface area contributed by atoms with E-state index in [0.717, 1.165) is 0 Å². The van der Waals surface area contributed by atoms with Crippen LogP contribution in [0, 0.1) is 0 Å². The van der Waals surface area contributed by atoms with Gasteiger partial charge in [0.1, 0.15) is 0 Å². The first-order valence-electron chi connectivity index (χ1n) is 2.00. The van der Waals surface area contributed by atoms with Crippen LogP contribution >= 0.6 is 0 Å². The van der Waals surface area contributed by atoms with Gasteiger partial charge < -0.3 is 27.3 Å². The summed E-state index contributed by atoms with van der Waals surface area (Å²) in [6.45, 7) is 0. The SMILES string of the molecule is O=S(=O)([O-])[O-].O=S(=O)([O-])[O-].O=S(=O)([O-])[O-].[Ba+2].[W+4]. The minimum Gasteiger partial charge on any atom is -0.759 e. The maximum atomic E-state index is 8.52. The van der Waals surface area contributed by atoms with Gasteiger partial charge in [-0.3, -0.25) is 25.3 Å². The van der Waals surface area contributed by atoms with E-state index < -0.39 is 31.2 Å². The van der Waals surface area contributed by atoms with Crippen LogP contribution < -0.4 is 0 Å². The summed E-state index contributed by atoms with van der Waals surface area (Å²) < 4.78 is 102. The average Bonchev–Trinajstić information content (AvgIpc) is 1.41. The largest absolute Gasteiger partial charge is 4.00 e. The zero-order chi connectivity index (χ0) is 13.5. The molecule has 0 aromatic carbocycles. The molecule has 0 atom stereocenters. The van der Waals surface area contributed by atoms with Crippen LogP contribution in [0.1, 0.15) is 0 Å². The van der Waals surface area contributed by atoms with Crippen molar-refractivity contribution in [1.82, 2.24) is 0 Å². The van der Waals surface area contributed by atoms with Crippen LogP contribution in [-0.4, -0.2) is 101 Å². The van der Waals surface area contributed by atoms with Gasteiger partial charge in [0, 0.05) is 31.2 Å². The minimum atomic E-state index is -5.17. The molecule has 17 heteroatoms. The van der Waals surface area contributed by atoms with E-state index in [-0.39, 0.29) is 69.9 Å². The molecule has 12 nitrogen and oxygen atoms in total. The third-order valence-electron chi connectivity index (χ3n) is 0. The van der Waals surface area contributed by atoms with Crippen molar-refractivity contribution in [3.05, 3.63) is 0 Å². The van der Waals surface area contributed by atoms with Gasteiger partial charge in [0.2, 0.25) is 0 Å². The van der Waals surface area contributed by atoms with Crippen molar-refractivity contribution in [1.29, 1.82) is 0 Å². The third-order valence-corrected chi connectivity index (χ3v) is 0. The Labute approximate surface area is 151 Å². The molecular weight excluding hydrogens is 609 g/mol. The second-order valence-corrected chi connectivity index (χ2v) is 3.67. The Morgan fingerprint density at radius 3 is 0.471 bits per heavy atom. The monoisotopic (exact) mass is 610 g/mol. The molecule has 0 unspecified atom stereocenters. The van der Waals surface area contributed by atoms with Crippen LogP contribution in [0.3, 0.4) is 0 Å². The summed E-state index contributed by atoms with van der Waals surface area (Å²) in [5.41, 5.74) is 0. The maximum absolute atomic E-state index is 8.52. The standard InChI is InChI=1S/Ba.3H2O4S.W/c;3*1-5(2,3)4;/h;3*(H2,1,2,3,4);/q+2;;;;+4/p-6. The molecule has 0 saturated heterocycles. The summed E-state index contributed by atoms with van der Waals surface area (Å²) >= 11 is 0. The van der Waals surface area contributed by atoms with Crippen molar-refractivity contribution in [3.8, 4) is 0 Å². The van der Waals surface area contributed by atoms with Crippen LogP contribution in [0.15, 0.2) is 0 Å². The van der Waals surface area contributed by atoms with Gasteiger partial charge in [-0.2, -0.15) is 0 Å². The molecule has 0 bridgehead atoms. The Balaban J connectivity index is -0.0000000400. The predicted molar refractivity (Wildman–Crippen MR) is 37.2 cm³/mol. The summed E-state index contributed by atoms with van der Waals surface area (Å²) in [4.78, 5) is 0. The summed E-state index contributed by atoms with van der Waals surface area (Å²) in [5.74, 6) is 0. The molecule has 0 aliphatic rings. The Bertz CT molecular complexity index is 343. The number of hydrogen-bond donors (Lipinski definition) is 0. The van der Waals surface area contributed by atoms with Crippen LogP contribution in [0.25, 0.3) is 0 Å². The summed E-state index contributed by atoms with van der Waals surface area (Å²) in [5, 5.41) is 0.